The lowest BCUT2D eigenvalue weighted by atomic mass is 10.2. The molecule has 0 aliphatic rings. The summed E-state index contributed by atoms with van der Waals surface area (Å²) in [7, 11) is 1.53. The quantitative estimate of drug-likeness (QED) is 0.548. The van der Waals surface area contributed by atoms with Crippen LogP contribution < -0.4 is 10.6 Å². The molecular formula is C19H17FN4O3S. The lowest BCUT2D eigenvalue weighted by Crippen LogP contribution is -2.24. The number of nitrogens with zero attached hydrogens (tertiary/aromatic N) is 2. The zero-order valence-corrected chi connectivity index (χ0v) is 15.7. The molecule has 0 aliphatic carbocycles. The second kappa shape index (κ2) is 8.66. The molecule has 144 valence electrons. The van der Waals surface area contributed by atoms with Gasteiger partial charge in [-0.2, -0.15) is 0 Å². The van der Waals surface area contributed by atoms with Gasteiger partial charge < -0.3 is 15.7 Å². The minimum atomic E-state index is -0.601. The van der Waals surface area contributed by atoms with Crippen molar-refractivity contribution in [1.82, 2.24) is 20.6 Å². The van der Waals surface area contributed by atoms with Crippen molar-refractivity contribution in [3.63, 3.8) is 0 Å². The van der Waals surface area contributed by atoms with Crippen LogP contribution >= 0.6 is 11.8 Å². The van der Waals surface area contributed by atoms with Crippen LogP contribution in [-0.2, 0) is 11.3 Å². The number of hydrogen-bond acceptors (Lipinski definition) is 6. The molecule has 0 spiro atoms. The number of carbonyl (C=O) groups is 2. The van der Waals surface area contributed by atoms with Gasteiger partial charge in [0.2, 0.25) is 5.91 Å². The summed E-state index contributed by atoms with van der Waals surface area (Å²) >= 11 is 1.14. The van der Waals surface area contributed by atoms with Crippen molar-refractivity contribution in [3.05, 3.63) is 59.7 Å². The summed E-state index contributed by atoms with van der Waals surface area (Å²) in [6, 6.07) is 9.09. The number of halogens is 1. The maximum atomic E-state index is 13.0. The molecule has 0 bridgehead atoms. The standard InChI is InChI=1S/C19H17FN4O3S/c1-21-14(25)10-28-19-13-3-2-8-22-15(13)17(26)16(24-19)18(27)23-9-11-4-6-12(20)7-5-11/h2-8,26H,9-10H2,1H3,(H,21,25)(H,23,27). The van der Waals surface area contributed by atoms with E-state index in [1.807, 2.05) is 0 Å². The lowest BCUT2D eigenvalue weighted by molar-refractivity contribution is -0.118. The van der Waals surface area contributed by atoms with E-state index in [0.717, 1.165) is 11.8 Å². The topological polar surface area (TPSA) is 104 Å². The molecule has 0 atom stereocenters. The molecule has 2 aromatic heterocycles. The van der Waals surface area contributed by atoms with Gasteiger partial charge in [-0.1, -0.05) is 23.9 Å². The summed E-state index contributed by atoms with van der Waals surface area (Å²) in [5.74, 6) is -1.39. The second-order valence-electron chi connectivity index (χ2n) is 5.78. The molecular weight excluding hydrogens is 383 g/mol. The van der Waals surface area contributed by atoms with Gasteiger partial charge in [-0.3, -0.25) is 14.6 Å². The predicted octanol–water partition coefficient (Wildman–Crippen LogP) is 2.24. The highest BCUT2D eigenvalue weighted by Gasteiger charge is 2.20. The van der Waals surface area contributed by atoms with Gasteiger partial charge in [-0.25, -0.2) is 9.37 Å². The average Bonchev–Trinajstić information content (AvgIpc) is 2.72. The van der Waals surface area contributed by atoms with Crippen LogP contribution in [-0.4, -0.2) is 39.7 Å². The average molecular weight is 400 g/mol. The molecule has 28 heavy (non-hydrogen) atoms. The van der Waals surface area contributed by atoms with Crippen LogP contribution in [0, 0.1) is 5.82 Å². The molecule has 3 N–H and O–H groups in total. The highest BCUT2D eigenvalue weighted by atomic mass is 32.2. The minimum absolute atomic E-state index is 0.106. The Morgan fingerprint density at radius 3 is 2.68 bits per heavy atom. The molecule has 0 saturated heterocycles. The predicted molar refractivity (Wildman–Crippen MR) is 104 cm³/mol. The smallest absolute Gasteiger partial charge is 0.274 e. The van der Waals surface area contributed by atoms with E-state index in [0.29, 0.717) is 16.0 Å². The summed E-state index contributed by atoms with van der Waals surface area (Å²) < 4.78 is 13.0. The first-order valence-electron chi connectivity index (χ1n) is 8.33. The zero-order valence-electron chi connectivity index (χ0n) is 14.9. The summed E-state index contributed by atoms with van der Waals surface area (Å²) in [6.45, 7) is 0.140. The van der Waals surface area contributed by atoms with E-state index in [9.17, 15) is 19.1 Å². The van der Waals surface area contributed by atoms with Crippen LogP contribution in [0.4, 0.5) is 4.39 Å². The molecule has 7 nitrogen and oxygen atoms in total. The van der Waals surface area contributed by atoms with E-state index >= 15 is 0 Å². The number of rotatable bonds is 6. The molecule has 1 aromatic carbocycles. The van der Waals surface area contributed by atoms with Gasteiger partial charge >= 0.3 is 0 Å². The van der Waals surface area contributed by atoms with Gasteiger partial charge in [0.25, 0.3) is 5.91 Å². The first-order chi connectivity index (χ1) is 13.5. The van der Waals surface area contributed by atoms with E-state index in [4.69, 9.17) is 0 Å². The Labute approximate surface area is 164 Å². The number of thioether (sulfide) groups is 1. The first-order valence-corrected chi connectivity index (χ1v) is 9.32. The minimum Gasteiger partial charge on any atom is -0.504 e. The molecule has 2 amide bonds. The monoisotopic (exact) mass is 400 g/mol. The number of carbonyl (C=O) groups excluding carboxylic acids is 2. The number of aromatic hydroxyl groups is 1. The van der Waals surface area contributed by atoms with Crippen LogP contribution in [0.25, 0.3) is 10.9 Å². The SMILES string of the molecule is CNC(=O)CSc1nc(C(=O)NCc2ccc(F)cc2)c(O)c2ncccc12. The summed E-state index contributed by atoms with van der Waals surface area (Å²) in [5.41, 5.74) is 0.735. The van der Waals surface area contributed by atoms with E-state index < -0.39 is 5.91 Å². The number of nitrogens with one attached hydrogen (secondary N) is 2. The maximum Gasteiger partial charge on any atom is 0.274 e. The number of benzene rings is 1. The largest absolute Gasteiger partial charge is 0.504 e. The van der Waals surface area contributed by atoms with Crippen molar-refractivity contribution in [2.45, 2.75) is 11.6 Å². The molecule has 0 radical (unpaired) electrons. The highest BCUT2D eigenvalue weighted by molar-refractivity contribution is 8.00. The van der Waals surface area contributed by atoms with Crippen molar-refractivity contribution >= 4 is 34.5 Å². The highest BCUT2D eigenvalue weighted by Crippen LogP contribution is 2.32. The molecule has 2 heterocycles. The molecule has 0 unspecified atom stereocenters. The van der Waals surface area contributed by atoms with Crippen molar-refractivity contribution in [1.29, 1.82) is 0 Å². The van der Waals surface area contributed by atoms with E-state index in [-0.39, 0.29) is 41.0 Å². The number of amides is 2. The van der Waals surface area contributed by atoms with Gasteiger partial charge in [0, 0.05) is 25.2 Å². The van der Waals surface area contributed by atoms with Crippen molar-refractivity contribution < 1.29 is 19.1 Å². The van der Waals surface area contributed by atoms with Crippen LogP contribution in [0.15, 0.2) is 47.6 Å². The second-order valence-corrected chi connectivity index (χ2v) is 6.75. The molecule has 0 fully saturated rings. The Bertz CT molecular complexity index is 1030. The van der Waals surface area contributed by atoms with Crippen molar-refractivity contribution in [3.8, 4) is 5.75 Å². The molecule has 9 heteroatoms. The Morgan fingerprint density at radius 2 is 1.96 bits per heavy atom. The van der Waals surface area contributed by atoms with Crippen LogP contribution in [0.3, 0.4) is 0 Å². The van der Waals surface area contributed by atoms with Gasteiger partial charge in [0.15, 0.2) is 11.4 Å². The fourth-order valence-electron chi connectivity index (χ4n) is 2.44. The number of fused-ring (bicyclic) bond motifs is 1. The summed E-state index contributed by atoms with van der Waals surface area (Å²) in [4.78, 5) is 32.5. The first kappa shape index (κ1) is 19.6. The number of pyridine rings is 2. The fraction of sp³-hybridized carbons (Fsp3) is 0.158. The third-order valence-electron chi connectivity index (χ3n) is 3.90. The van der Waals surface area contributed by atoms with Crippen LogP contribution in [0.2, 0.25) is 0 Å². The number of aromatic nitrogens is 2. The van der Waals surface area contributed by atoms with E-state index in [2.05, 4.69) is 20.6 Å². The zero-order chi connectivity index (χ0) is 20.1. The Hall–Kier alpha value is -3.20. The van der Waals surface area contributed by atoms with Crippen LogP contribution in [0.5, 0.6) is 5.75 Å². The van der Waals surface area contributed by atoms with Crippen molar-refractivity contribution in [2.24, 2.45) is 0 Å². The van der Waals surface area contributed by atoms with Gasteiger partial charge in [0.05, 0.1) is 5.75 Å². The number of hydrogen-bond donors (Lipinski definition) is 3. The molecule has 0 saturated carbocycles. The Balaban J connectivity index is 1.88. The lowest BCUT2D eigenvalue weighted by Gasteiger charge is -2.11. The summed E-state index contributed by atoms with van der Waals surface area (Å²) in [6.07, 6.45) is 1.50. The normalized spacial score (nSPS) is 10.6. The van der Waals surface area contributed by atoms with E-state index in [1.54, 1.807) is 24.3 Å². The van der Waals surface area contributed by atoms with Gasteiger partial charge in [0.1, 0.15) is 16.4 Å². The third kappa shape index (κ3) is 4.37. The van der Waals surface area contributed by atoms with E-state index in [1.165, 1.54) is 25.4 Å². The summed E-state index contributed by atoms with van der Waals surface area (Å²) in [5, 5.41) is 16.6. The van der Waals surface area contributed by atoms with Crippen molar-refractivity contribution in [2.75, 3.05) is 12.8 Å². The molecule has 3 aromatic rings. The Morgan fingerprint density at radius 1 is 1.21 bits per heavy atom. The molecule has 0 aliphatic heterocycles. The third-order valence-corrected chi connectivity index (χ3v) is 4.89. The maximum absolute atomic E-state index is 13.0. The van der Waals surface area contributed by atoms with Crippen LogP contribution in [0.1, 0.15) is 16.1 Å². The molecule has 3 rings (SSSR count). The fourth-order valence-corrected chi connectivity index (χ4v) is 3.32. The Kier molecular flexibility index (Phi) is 6.05. The van der Waals surface area contributed by atoms with Gasteiger partial charge in [-0.05, 0) is 29.8 Å². The van der Waals surface area contributed by atoms with Gasteiger partial charge in [-0.15, -0.1) is 0 Å².